The molecule has 1 heterocycles. The number of methoxy groups -OCH3 is 1. The van der Waals surface area contributed by atoms with Crippen LogP contribution in [0.1, 0.15) is 25.5 Å². The highest BCUT2D eigenvalue weighted by Crippen LogP contribution is 2.21. The molecule has 0 saturated carbocycles. The van der Waals surface area contributed by atoms with Gasteiger partial charge in [-0.3, -0.25) is 4.79 Å². The van der Waals surface area contributed by atoms with E-state index >= 15 is 0 Å². The van der Waals surface area contributed by atoms with E-state index in [-0.39, 0.29) is 12.5 Å². The fourth-order valence-electron chi connectivity index (χ4n) is 1.15. The van der Waals surface area contributed by atoms with E-state index in [9.17, 15) is 4.79 Å². The van der Waals surface area contributed by atoms with Crippen molar-refractivity contribution in [2.75, 3.05) is 32.1 Å². The van der Waals surface area contributed by atoms with Gasteiger partial charge in [-0.1, -0.05) is 13.8 Å². The van der Waals surface area contributed by atoms with Crippen LogP contribution < -0.4 is 10.6 Å². The smallest absolute Gasteiger partial charge is 0.240 e. The molecule has 2 N–H and O–H groups in total. The van der Waals surface area contributed by atoms with Crippen molar-refractivity contribution in [3.05, 3.63) is 11.1 Å². The summed E-state index contributed by atoms with van der Waals surface area (Å²) in [7, 11) is 1.63. The van der Waals surface area contributed by atoms with Crippen LogP contribution >= 0.6 is 11.3 Å². The minimum atomic E-state index is -0.0780. The summed E-state index contributed by atoms with van der Waals surface area (Å²) in [6, 6.07) is 0. The number of nitrogens with one attached hydrogen (secondary N) is 2. The number of carbonyl (C=O) groups excluding carboxylic acids is 1. The van der Waals surface area contributed by atoms with Gasteiger partial charge >= 0.3 is 0 Å². The summed E-state index contributed by atoms with van der Waals surface area (Å²) in [5, 5.41) is 8.37. The minimum Gasteiger partial charge on any atom is -0.383 e. The fraction of sp³-hybridized carbons (Fsp3) is 0.636. The van der Waals surface area contributed by atoms with Gasteiger partial charge in [0.15, 0.2) is 5.13 Å². The minimum absolute atomic E-state index is 0.0780. The molecule has 0 radical (unpaired) electrons. The zero-order chi connectivity index (χ0) is 12.7. The van der Waals surface area contributed by atoms with Crippen LogP contribution in [-0.2, 0) is 9.53 Å². The van der Waals surface area contributed by atoms with Crippen molar-refractivity contribution in [1.29, 1.82) is 0 Å². The highest BCUT2D eigenvalue weighted by molar-refractivity contribution is 7.13. The summed E-state index contributed by atoms with van der Waals surface area (Å²) >= 11 is 1.45. The Bertz CT molecular complexity index is 352. The van der Waals surface area contributed by atoms with Gasteiger partial charge < -0.3 is 15.4 Å². The van der Waals surface area contributed by atoms with Gasteiger partial charge in [0, 0.05) is 19.0 Å². The Balaban J connectivity index is 2.29. The van der Waals surface area contributed by atoms with Crippen LogP contribution in [-0.4, -0.2) is 37.7 Å². The lowest BCUT2D eigenvalue weighted by Crippen LogP contribution is -2.30. The van der Waals surface area contributed by atoms with Gasteiger partial charge in [-0.2, -0.15) is 0 Å². The normalized spacial score (nSPS) is 10.8. The fourth-order valence-corrected chi connectivity index (χ4v) is 2.04. The Morgan fingerprint density at radius 2 is 2.35 bits per heavy atom. The van der Waals surface area contributed by atoms with Gasteiger partial charge in [0.05, 0.1) is 18.8 Å². The molecule has 0 atom stereocenters. The Kier molecular flexibility index (Phi) is 6.10. The number of anilines is 1. The highest BCUT2D eigenvalue weighted by atomic mass is 32.1. The molecule has 1 rings (SSSR count). The maximum atomic E-state index is 11.5. The van der Waals surface area contributed by atoms with E-state index < -0.39 is 0 Å². The van der Waals surface area contributed by atoms with Gasteiger partial charge in [0.1, 0.15) is 0 Å². The van der Waals surface area contributed by atoms with Crippen molar-refractivity contribution < 1.29 is 9.53 Å². The van der Waals surface area contributed by atoms with E-state index in [2.05, 4.69) is 29.5 Å². The van der Waals surface area contributed by atoms with E-state index in [1.807, 2.05) is 5.38 Å². The number of thiazole rings is 1. The molecule has 0 fully saturated rings. The standard InChI is InChI=1S/C11H19N3O2S/c1-8(2)9-7-17-11(13-9)14-10(15)6-12-4-5-16-3/h7-8,12H,4-6H2,1-3H3,(H,13,14,15). The molecule has 0 bridgehead atoms. The lowest BCUT2D eigenvalue weighted by molar-refractivity contribution is -0.115. The van der Waals surface area contributed by atoms with Crippen molar-refractivity contribution >= 4 is 22.4 Å². The van der Waals surface area contributed by atoms with Crippen molar-refractivity contribution in [2.45, 2.75) is 19.8 Å². The molecule has 0 aliphatic carbocycles. The van der Waals surface area contributed by atoms with Crippen molar-refractivity contribution in [3.63, 3.8) is 0 Å². The SMILES string of the molecule is COCCNCC(=O)Nc1nc(C(C)C)cs1. The molecular formula is C11H19N3O2S. The molecule has 1 aromatic rings. The van der Waals surface area contributed by atoms with Gasteiger partial charge in [-0.05, 0) is 5.92 Å². The molecule has 0 aromatic carbocycles. The number of nitrogens with zero attached hydrogens (tertiary/aromatic N) is 1. The van der Waals surface area contributed by atoms with Crippen molar-refractivity contribution in [3.8, 4) is 0 Å². The lowest BCUT2D eigenvalue weighted by atomic mass is 10.2. The molecule has 1 aromatic heterocycles. The van der Waals surface area contributed by atoms with Crippen LogP contribution in [0.25, 0.3) is 0 Å². The van der Waals surface area contributed by atoms with E-state index in [0.29, 0.717) is 24.2 Å². The van der Waals surface area contributed by atoms with Crippen molar-refractivity contribution in [1.82, 2.24) is 10.3 Å². The second-order valence-corrected chi connectivity index (χ2v) is 4.81. The topological polar surface area (TPSA) is 63.2 Å². The maximum absolute atomic E-state index is 11.5. The molecule has 5 nitrogen and oxygen atoms in total. The average molecular weight is 257 g/mol. The van der Waals surface area contributed by atoms with Gasteiger partial charge in [-0.15, -0.1) is 11.3 Å². The third-order valence-electron chi connectivity index (χ3n) is 2.13. The lowest BCUT2D eigenvalue weighted by Gasteiger charge is -2.03. The summed E-state index contributed by atoms with van der Waals surface area (Å²) in [6.45, 7) is 5.70. The van der Waals surface area contributed by atoms with E-state index in [4.69, 9.17) is 4.74 Å². The van der Waals surface area contributed by atoms with Gasteiger partial charge in [0.25, 0.3) is 0 Å². The van der Waals surface area contributed by atoms with Crippen LogP contribution in [0.4, 0.5) is 5.13 Å². The average Bonchev–Trinajstić information content (AvgIpc) is 2.73. The first-order chi connectivity index (χ1) is 8.13. The second-order valence-electron chi connectivity index (χ2n) is 3.95. The molecule has 17 heavy (non-hydrogen) atoms. The molecule has 1 amide bonds. The quantitative estimate of drug-likeness (QED) is 0.726. The van der Waals surface area contributed by atoms with E-state index in [1.165, 1.54) is 11.3 Å². The number of carbonyl (C=O) groups is 1. The third kappa shape index (κ3) is 5.25. The predicted octanol–water partition coefficient (Wildman–Crippen LogP) is 1.44. The number of hydrogen-bond acceptors (Lipinski definition) is 5. The van der Waals surface area contributed by atoms with Crippen LogP contribution in [0.2, 0.25) is 0 Å². The number of hydrogen-bond donors (Lipinski definition) is 2. The van der Waals surface area contributed by atoms with Crippen LogP contribution in [0.15, 0.2) is 5.38 Å². The zero-order valence-electron chi connectivity index (χ0n) is 10.4. The van der Waals surface area contributed by atoms with Gasteiger partial charge in [0.2, 0.25) is 5.91 Å². The monoisotopic (exact) mass is 257 g/mol. The summed E-state index contributed by atoms with van der Waals surface area (Å²) < 4.78 is 4.87. The Morgan fingerprint density at radius 1 is 1.59 bits per heavy atom. The second kappa shape index (κ2) is 7.37. The first-order valence-corrected chi connectivity index (χ1v) is 6.46. The number of aromatic nitrogens is 1. The number of amides is 1. The molecule has 0 aliphatic rings. The summed E-state index contributed by atoms with van der Waals surface area (Å²) in [5.41, 5.74) is 1.01. The predicted molar refractivity (Wildman–Crippen MR) is 69.6 cm³/mol. The van der Waals surface area contributed by atoms with E-state index in [0.717, 1.165) is 5.69 Å². The third-order valence-corrected chi connectivity index (χ3v) is 2.90. The van der Waals surface area contributed by atoms with E-state index in [1.54, 1.807) is 7.11 Å². The number of ether oxygens (including phenoxy) is 1. The molecule has 0 aliphatic heterocycles. The Labute approximate surface area is 106 Å². The molecule has 6 heteroatoms. The van der Waals surface area contributed by atoms with Crippen LogP contribution in [0, 0.1) is 0 Å². The van der Waals surface area contributed by atoms with Crippen LogP contribution in [0.3, 0.4) is 0 Å². The zero-order valence-corrected chi connectivity index (χ0v) is 11.3. The Morgan fingerprint density at radius 3 is 2.94 bits per heavy atom. The molecule has 96 valence electrons. The van der Waals surface area contributed by atoms with Crippen molar-refractivity contribution in [2.24, 2.45) is 0 Å². The first kappa shape index (κ1) is 14.1. The molecular weight excluding hydrogens is 238 g/mol. The maximum Gasteiger partial charge on any atom is 0.240 e. The summed E-state index contributed by atoms with van der Waals surface area (Å²) in [4.78, 5) is 15.8. The Hall–Kier alpha value is -0.980. The molecule has 0 spiro atoms. The highest BCUT2D eigenvalue weighted by Gasteiger charge is 2.08. The molecule has 0 unspecified atom stereocenters. The summed E-state index contributed by atoms with van der Waals surface area (Å²) in [6.07, 6.45) is 0. The van der Waals surface area contributed by atoms with Crippen LogP contribution in [0.5, 0.6) is 0 Å². The molecule has 0 saturated heterocycles. The summed E-state index contributed by atoms with van der Waals surface area (Å²) in [5.74, 6) is 0.308. The van der Waals surface area contributed by atoms with Gasteiger partial charge in [-0.25, -0.2) is 4.98 Å². The largest absolute Gasteiger partial charge is 0.383 e. The number of rotatable bonds is 7. The first-order valence-electron chi connectivity index (χ1n) is 5.58.